The van der Waals surface area contributed by atoms with Crippen LogP contribution in [0.5, 0.6) is 0 Å². The standard InChI is InChI=1S/C34H49NO7/c1-5-38-20-29-33(37)13-11-26-24-10-12-32(36)21-34(42-17-15-40-29)28(39-14-16-41-34)18-27(32)30(24)25(19-31(26,33)2)22-6-8-23(9-7-22)35(3)4/h6-9,24-26,28-29,36-37H,5,10-21H2,1-4H3/t24-,25+,26+,28?,29?,31-,32-,33+,34?/m0/s1. The topological polar surface area (TPSA) is 89.9 Å². The Hall–Kier alpha value is -1.52. The van der Waals surface area contributed by atoms with Gasteiger partial charge in [0.2, 0.25) is 0 Å². The molecule has 42 heavy (non-hydrogen) atoms. The van der Waals surface area contributed by atoms with Gasteiger partial charge >= 0.3 is 0 Å². The fraction of sp³-hybridized carbons (Fsp3) is 0.765. The molecule has 10 rings (SSSR count). The zero-order valence-electron chi connectivity index (χ0n) is 25.8. The summed E-state index contributed by atoms with van der Waals surface area (Å²) in [6.07, 6.45) is 4.23. The van der Waals surface area contributed by atoms with E-state index in [1.54, 1.807) is 0 Å². The van der Waals surface area contributed by atoms with Crippen LogP contribution in [0.4, 0.5) is 5.69 Å². The van der Waals surface area contributed by atoms with Crippen LogP contribution in [0.15, 0.2) is 35.4 Å². The van der Waals surface area contributed by atoms with E-state index in [0.29, 0.717) is 71.2 Å². The maximum absolute atomic E-state index is 12.8. The number of benzene rings is 1. The lowest BCUT2D eigenvalue weighted by molar-refractivity contribution is -0.351. The molecule has 4 aliphatic carbocycles. The van der Waals surface area contributed by atoms with E-state index in [4.69, 9.17) is 23.7 Å². The third kappa shape index (κ3) is 4.27. The molecule has 1 aromatic carbocycles. The Bertz CT molecular complexity index is 1200. The summed E-state index contributed by atoms with van der Waals surface area (Å²) < 4.78 is 31.7. The molecule has 3 unspecified atom stereocenters. The van der Waals surface area contributed by atoms with E-state index in [0.717, 1.165) is 30.5 Å². The number of rotatable bonds is 5. The van der Waals surface area contributed by atoms with Crippen molar-refractivity contribution in [3.05, 3.63) is 41.0 Å². The summed E-state index contributed by atoms with van der Waals surface area (Å²) in [7, 11) is 4.12. The summed E-state index contributed by atoms with van der Waals surface area (Å²) in [6.45, 7) is 6.79. The molecule has 0 amide bonds. The van der Waals surface area contributed by atoms with Crippen molar-refractivity contribution < 1.29 is 33.9 Å². The number of nitrogens with zero attached hydrogens (tertiary/aromatic N) is 1. The number of ether oxygens (including phenoxy) is 5. The molecule has 9 atom stereocenters. The van der Waals surface area contributed by atoms with Crippen molar-refractivity contribution in [2.75, 3.05) is 58.6 Å². The fourth-order valence-corrected chi connectivity index (χ4v) is 9.96. The van der Waals surface area contributed by atoms with E-state index < -0.39 is 23.1 Å². The van der Waals surface area contributed by atoms with E-state index in [9.17, 15) is 10.2 Å². The number of anilines is 1. The van der Waals surface area contributed by atoms with Crippen LogP contribution in [-0.2, 0) is 23.7 Å². The van der Waals surface area contributed by atoms with Gasteiger partial charge in [-0.25, -0.2) is 0 Å². The van der Waals surface area contributed by atoms with Gasteiger partial charge in [-0.05, 0) is 74.1 Å². The van der Waals surface area contributed by atoms with Crippen LogP contribution in [0.25, 0.3) is 0 Å². The minimum absolute atomic E-state index is 0.0764. The molecule has 2 saturated heterocycles. The first kappa shape index (κ1) is 29.2. The van der Waals surface area contributed by atoms with Crippen molar-refractivity contribution in [2.45, 2.75) is 93.9 Å². The molecule has 2 N–H and O–H groups in total. The first-order valence-electron chi connectivity index (χ1n) is 16.2. The molecule has 232 valence electrons. The van der Waals surface area contributed by atoms with Gasteiger partial charge in [0.15, 0.2) is 5.79 Å². The highest BCUT2D eigenvalue weighted by atomic mass is 16.7. The number of aliphatic hydroxyl groups is 2. The van der Waals surface area contributed by atoms with Crippen molar-refractivity contribution in [1.29, 1.82) is 0 Å². The van der Waals surface area contributed by atoms with E-state index in [2.05, 4.69) is 50.2 Å². The summed E-state index contributed by atoms with van der Waals surface area (Å²) in [4.78, 5) is 2.12. The monoisotopic (exact) mass is 583 g/mol. The Morgan fingerprint density at radius 1 is 0.976 bits per heavy atom. The highest BCUT2D eigenvalue weighted by Gasteiger charge is 2.68. The van der Waals surface area contributed by atoms with Crippen molar-refractivity contribution in [2.24, 2.45) is 17.3 Å². The quantitative estimate of drug-likeness (QED) is 0.499. The zero-order chi connectivity index (χ0) is 29.3. The first-order valence-corrected chi connectivity index (χ1v) is 16.2. The van der Waals surface area contributed by atoms with Crippen molar-refractivity contribution >= 4 is 5.69 Å². The average Bonchev–Trinajstić information content (AvgIpc) is 3.25. The fourth-order valence-electron chi connectivity index (χ4n) is 9.96. The summed E-state index contributed by atoms with van der Waals surface area (Å²) in [5.74, 6) is -0.351. The second-order valence-electron chi connectivity index (χ2n) is 14.1. The smallest absolute Gasteiger partial charge is 0.198 e. The molecular weight excluding hydrogens is 534 g/mol. The van der Waals surface area contributed by atoms with Gasteiger partial charge in [0, 0.05) is 50.6 Å². The maximum Gasteiger partial charge on any atom is 0.198 e. The van der Waals surface area contributed by atoms with Gasteiger partial charge in [-0.15, -0.1) is 0 Å². The predicted molar refractivity (Wildman–Crippen MR) is 158 cm³/mol. The van der Waals surface area contributed by atoms with Crippen LogP contribution in [0.2, 0.25) is 0 Å². The molecule has 1 aromatic rings. The Balaban J connectivity index is 1.42. The number of fused-ring (bicyclic) bond motifs is 1. The molecule has 5 aliphatic heterocycles. The summed E-state index contributed by atoms with van der Waals surface area (Å²) >= 11 is 0. The molecule has 5 fully saturated rings. The molecular formula is C34H49NO7. The van der Waals surface area contributed by atoms with Gasteiger partial charge in [-0.2, -0.15) is 0 Å². The Morgan fingerprint density at radius 3 is 2.43 bits per heavy atom. The number of hydrogen-bond acceptors (Lipinski definition) is 8. The van der Waals surface area contributed by atoms with E-state index >= 15 is 0 Å². The molecule has 5 heterocycles. The summed E-state index contributed by atoms with van der Waals surface area (Å²) in [5, 5.41) is 25.3. The molecule has 0 aromatic heterocycles. The van der Waals surface area contributed by atoms with Crippen molar-refractivity contribution in [3.8, 4) is 0 Å². The molecule has 0 radical (unpaired) electrons. The Kier molecular flexibility index (Phi) is 7.33. The lowest BCUT2D eigenvalue weighted by atomic mass is 9.49. The molecule has 1 spiro atoms. The molecule has 3 saturated carbocycles. The van der Waals surface area contributed by atoms with E-state index in [1.165, 1.54) is 11.1 Å². The Labute approximate surface area is 250 Å². The SMILES string of the molecule is CCOCC1OCCOC23C[C@@]4(O)CC[C@@H]5C(=C4CC2OCCO3)[C@@H](c2ccc(N(C)C)cc2)C[C@@]2(C)[C@@H]5CC[C@@]12O. The summed E-state index contributed by atoms with van der Waals surface area (Å²) in [5.41, 5.74) is 2.52. The van der Waals surface area contributed by atoms with Crippen LogP contribution in [-0.4, -0.2) is 93.1 Å². The number of hydrogen-bond donors (Lipinski definition) is 2. The van der Waals surface area contributed by atoms with Crippen molar-refractivity contribution in [1.82, 2.24) is 0 Å². The largest absolute Gasteiger partial charge is 0.386 e. The van der Waals surface area contributed by atoms with Gasteiger partial charge in [-0.1, -0.05) is 24.6 Å². The van der Waals surface area contributed by atoms with Gasteiger partial charge < -0.3 is 38.8 Å². The van der Waals surface area contributed by atoms with Gasteiger partial charge in [0.1, 0.15) is 12.2 Å². The minimum atomic E-state index is -1.03. The normalized spacial score (nSPS) is 44.8. The van der Waals surface area contributed by atoms with Crippen LogP contribution >= 0.6 is 0 Å². The minimum Gasteiger partial charge on any atom is -0.386 e. The first-order chi connectivity index (χ1) is 20.1. The molecule has 8 nitrogen and oxygen atoms in total. The van der Waals surface area contributed by atoms with Crippen molar-refractivity contribution in [3.63, 3.8) is 0 Å². The zero-order valence-corrected chi connectivity index (χ0v) is 25.8. The van der Waals surface area contributed by atoms with Crippen LogP contribution in [0.3, 0.4) is 0 Å². The van der Waals surface area contributed by atoms with Crippen LogP contribution in [0, 0.1) is 17.3 Å². The van der Waals surface area contributed by atoms with E-state index in [1.807, 2.05) is 6.92 Å². The van der Waals surface area contributed by atoms with Crippen LogP contribution in [0.1, 0.15) is 70.3 Å². The number of allylic oxidation sites excluding steroid dienone is 1. The van der Waals surface area contributed by atoms with Crippen LogP contribution < -0.4 is 4.90 Å². The van der Waals surface area contributed by atoms with Gasteiger partial charge in [-0.3, -0.25) is 0 Å². The molecule has 8 heteroatoms. The predicted octanol–water partition coefficient (Wildman–Crippen LogP) is 4.18. The summed E-state index contributed by atoms with van der Waals surface area (Å²) in [6, 6.07) is 8.89. The molecule has 8 bridgehead atoms. The van der Waals surface area contributed by atoms with Gasteiger partial charge in [0.25, 0.3) is 0 Å². The maximum atomic E-state index is 12.8. The average molecular weight is 584 g/mol. The highest BCUT2D eigenvalue weighted by Crippen LogP contribution is 2.69. The second kappa shape index (κ2) is 10.5. The van der Waals surface area contributed by atoms with E-state index in [-0.39, 0.29) is 23.4 Å². The Morgan fingerprint density at radius 2 is 1.71 bits per heavy atom. The highest BCUT2D eigenvalue weighted by molar-refractivity contribution is 5.50. The third-order valence-corrected chi connectivity index (χ3v) is 12.0. The second-order valence-corrected chi connectivity index (χ2v) is 14.1. The van der Waals surface area contributed by atoms with Gasteiger partial charge in [0.05, 0.1) is 44.2 Å². The third-order valence-electron chi connectivity index (χ3n) is 12.0. The lowest BCUT2D eigenvalue weighted by Crippen LogP contribution is -2.64. The lowest BCUT2D eigenvalue weighted by Gasteiger charge is -2.60. The molecule has 9 aliphatic rings.